The van der Waals surface area contributed by atoms with Gasteiger partial charge in [-0.3, -0.25) is 9.59 Å². The van der Waals surface area contributed by atoms with Gasteiger partial charge in [0.2, 0.25) is 0 Å². The maximum atomic E-state index is 10.4. The molecule has 4 N–H and O–H groups in total. The number of allylic oxidation sites excluding steroid dienone is 2. The van der Waals surface area contributed by atoms with Crippen molar-refractivity contribution in [3.63, 3.8) is 0 Å². The molecular weight excluding hydrogens is 366 g/mol. The summed E-state index contributed by atoms with van der Waals surface area (Å²) in [5.41, 5.74) is 4.57. The van der Waals surface area contributed by atoms with Crippen LogP contribution < -0.4 is 5.73 Å². The van der Waals surface area contributed by atoms with Crippen molar-refractivity contribution in [1.29, 1.82) is 0 Å². The van der Waals surface area contributed by atoms with Crippen LogP contribution >= 0.6 is 0 Å². The minimum absolute atomic E-state index is 0.278. The molecule has 29 heavy (non-hydrogen) atoms. The summed E-state index contributed by atoms with van der Waals surface area (Å²) in [7, 11) is 0. The van der Waals surface area contributed by atoms with Crippen molar-refractivity contribution in [3.8, 4) is 0 Å². The van der Waals surface area contributed by atoms with Gasteiger partial charge in [-0.1, -0.05) is 96.1 Å². The van der Waals surface area contributed by atoms with E-state index in [2.05, 4.69) is 24.8 Å². The Balaban J connectivity index is 0. The minimum atomic E-state index is -0.968. The smallest absolute Gasteiger partial charge is 0.317 e. The van der Waals surface area contributed by atoms with E-state index in [4.69, 9.17) is 10.2 Å². The van der Waals surface area contributed by atoms with E-state index in [-0.39, 0.29) is 6.54 Å². The van der Waals surface area contributed by atoms with Gasteiger partial charge in [0.1, 0.15) is 0 Å². The second kappa shape index (κ2) is 26.6. The van der Waals surface area contributed by atoms with Crippen molar-refractivity contribution < 1.29 is 19.8 Å². The topological polar surface area (TPSA) is 101 Å². The van der Waals surface area contributed by atoms with Crippen LogP contribution in [0.3, 0.4) is 0 Å². The van der Waals surface area contributed by atoms with Crippen LogP contribution in [0.2, 0.25) is 0 Å². The third-order valence-electron chi connectivity index (χ3n) is 4.83. The zero-order valence-corrected chi connectivity index (χ0v) is 18.9. The van der Waals surface area contributed by atoms with Gasteiger partial charge in [-0.05, 0) is 32.1 Å². The van der Waals surface area contributed by atoms with E-state index in [1.165, 1.54) is 96.3 Å². The highest BCUT2D eigenvalue weighted by atomic mass is 16.4. The molecule has 5 nitrogen and oxygen atoms in total. The van der Waals surface area contributed by atoms with Crippen molar-refractivity contribution in [2.75, 3.05) is 6.54 Å². The van der Waals surface area contributed by atoms with Crippen LogP contribution in [0, 0.1) is 0 Å². The quantitative estimate of drug-likeness (QED) is 0.152. The number of nitrogens with two attached hydrogens (primary N) is 1. The SMILES string of the molecule is CCCCCCCC/C=C\CCCCCCCCCCCC(=O)O.NCC(=O)O. The molecule has 0 rings (SSSR count). The van der Waals surface area contributed by atoms with Gasteiger partial charge in [-0.2, -0.15) is 0 Å². The molecule has 0 aromatic rings. The van der Waals surface area contributed by atoms with E-state index in [0.29, 0.717) is 6.42 Å². The number of rotatable bonds is 20. The molecule has 0 amide bonds. The lowest BCUT2D eigenvalue weighted by molar-refractivity contribution is -0.137. The molecule has 0 unspecified atom stereocenters. The van der Waals surface area contributed by atoms with E-state index in [0.717, 1.165) is 12.8 Å². The fraction of sp³-hybridized carbons (Fsp3) is 0.833. The molecule has 0 spiro atoms. The van der Waals surface area contributed by atoms with E-state index in [9.17, 15) is 9.59 Å². The molecule has 0 radical (unpaired) electrons. The lowest BCUT2D eigenvalue weighted by Gasteiger charge is -2.01. The standard InChI is InChI=1S/C22H42O2.C2H5NO2/c1-2-3-4-5-6-7-8-9-10-11-12-13-14-15-16-17-18-19-20-21-22(23)24;3-1-2(4)5/h9-10H,2-8,11-21H2,1H3,(H,23,24);1,3H2,(H,4,5)/b10-9-;. The molecule has 0 aliphatic heterocycles. The van der Waals surface area contributed by atoms with Crippen LogP contribution in [0.15, 0.2) is 12.2 Å². The monoisotopic (exact) mass is 413 g/mol. The maximum Gasteiger partial charge on any atom is 0.317 e. The van der Waals surface area contributed by atoms with Gasteiger partial charge in [0.25, 0.3) is 0 Å². The Kier molecular flexibility index (Phi) is 27.4. The summed E-state index contributed by atoms with van der Waals surface area (Å²) >= 11 is 0. The summed E-state index contributed by atoms with van der Waals surface area (Å²) in [6, 6.07) is 0. The molecule has 172 valence electrons. The summed E-state index contributed by atoms with van der Waals surface area (Å²) < 4.78 is 0. The van der Waals surface area contributed by atoms with Crippen LogP contribution in [-0.2, 0) is 9.59 Å². The molecular formula is C24H47NO4. The molecule has 0 aliphatic rings. The van der Waals surface area contributed by atoms with Crippen LogP contribution in [0.5, 0.6) is 0 Å². The molecule has 0 saturated carbocycles. The molecule has 0 aromatic carbocycles. The second-order valence-corrected chi connectivity index (χ2v) is 7.74. The number of hydrogen-bond donors (Lipinski definition) is 3. The summed E-state index contributed by atoms with van der Waals surface area (Å²) in [5.74, 6) is -1.62. The van der Waals surface area contributed by atoms with Crippen LogP contribution in [0.25, 0.3) is 0 Å². The Bertz CT molecular complexity index is 383. The number of hydrogen-bond acceptors (Lipinski definition) is 3. The van der Waals surface area contributed by atoms with Gasteiger partial charge < -0.3 is 15.9 Å². The highest BCUT2D eigenvalue weighted by molar-refractivity contribution is 5.68. The molecule has 0 aromatic heterocycles. The van der Waals surface area contributed by atoms with Crippen molar-refractivity contribution in [2.45, 2.75) is 122 Å². The average Bonchev–Trinajstić information content (AvgIpc) is 2.70. The average molecular weight is 414 g/mol. The highest BCUT2D eigenvalue weighted by Gasteiger charge is 1.96. The van der Waals surface area contributed by atoms with Gasteiger partial charge in [-0.25, -0.2) is 0 Å². The molecule has 0 bridgehead atoms. The first-order valence-electron chi connectivity index (χ1n) is 11.8. The Labute approximate surface area is 179 Å². The zero-order valence-electron chi connectivity index (χ0n) is 18.9. The van der Waals surface area contributed by atoms with Crippen LogP contribution in [0.4, 0.5) is 0 Å². The fourth-order valence-corrected chi connectivity index (χ4v) is 3.05. The summed E-state index contributed by atoms with van der Waals surface area (Å²) in [5, 5.41) is 16.1. The van der Waals surface area contributed by atoms with E-state index < -0.39 is 11.9 Å². The van der Waals surface area contributed by atoms with E-state index in [1.807, 2.05) is 0 Å². The van der Waals surface area contributed by atoms with Crippen molar-refractivity contribution in [3.05, 3.63) is 12.2 Å². The molecule has 0 aliphatic carbocycles. The van der Waals surface area contributed by atoms with E-state index in [1.54, 1.807) is 0 Å². The summed E-state index contributed by atoms with van der Waals surface area (Å²) in [6.07, 6.45) is 27.1. The first kappa shape index (κ1) is 29.8. The van der Waals surface area contributed by atoms with Crippen molar-refractivity contribution >= 4 is 11.9 Å². The van der Waals surface area contributed by atoms with Gasteiger partial charge in [0.05, 0.1) is 6.54 Å². The largest absolute Gasteiger partial charge is 0.481 e. The third-order valence-corrected chi connectivity index (χ3v) is 4.83. The van der Waals surface area contributed by atoms with Gasteiger partial charge >= 0.3 is 11.9 Å². The van der Waals surface area contributed by atoms with Crippen molar-refractivity contribution in [2.24, 2.45) is 5.73 Å². The third kappa shape index (κ3) is 34.5. The summed E-state index contributed by atoms with van der Waals surface area (Å²) in [6.45, 7) is 1.99. The Morgan fingerprint density at radius 1 is 0.621 bits per heavy atom. The minimum Gasteiger partial charge on any atom is -0.481 e. The van der Waals surface area contributed by atoms with Crippen LogP contribution in [-0.4, -0.2) is 28.7 Å². The first-order chi connectivity index (χ1) is 14.0. The van der Waals surface area contributed by atoms with Gasteiger partial charge in [0, 0.05) is 6.42 Å². The zero-order chi connectivity index (χ0) is 22.0. The number of unbranched alkanes of at least 4 members (excludes halogenated alkanes) is 15. The van der Waals surface area contributed by atoms with Crippen LogP contribution in [0.1, 0.15) is 122 Å². The molecule has 0 heterocycles. The Morgan fingerprint density at radius 2 is 0.966 bits per heavy atom. The number of carboxylic acids is 2. The fourth-order valence-electron chi connectivity index (χ4n) is 3.05. The number of carbonyl (C=O) groups is 2. The normalized spacial score (nSPS) is 10.7. The van der Waals surface area contributed by atoms with Gasteiger partial charge in [0.15, 0.2) is 0 Å². The Hall–Kier alpha value is -1.36. The molecule has 0 fully saturated rings. The lowest BCUT2D eigenvalue weighted by Crippen LogP contribution is -2.10. The molecule has 0 atom stereocenters. The second-order valence-electron chi connectivity index (χ2n) is 7.74. The first-order valence-corrected chi connectivity index (χ1v) is 11.8. The molecule has 5 heteroatoms. The predicted molar refractivity (Wildman–Crippen MR) is 122 cm³/mol. The lowest BCUT2D eigenvalue weighted by atomic mass is 10.1. The van der Waals surface area contributed by atoms with E-state index >= 15 is 0 Å². The highest BCUT2D eigenvalue weighted by Crippen LogP contribution is 2.12. The predicted octanol–water partition coefficient (Wildman–Crippen LogP) is 6.70. The summed E-state index contributed by atoms with van der Waals surface area (Å²) in [4.78, 5) is 19.6. The number of carboxylic acid groups (broad SMARTS) is 2. The number of aliphatic carboxylic acids is 2. The Morgan fingerprint density at radius 3 is 1.31 bits per heavy atom. The molecule has 0 saturated heterocycles. The van der Waals surface area contributed by atoms with Crippen molar-refractivity contribution in [1.82, 2.24) is 0 Å². The van der Waals surface area contributed by atoms with Gasteiger partial charge in [-0.15, -0.1) is 0 Å². The maximum absolute atomic E-state index is 10.4.